The molecule has 1 aromatic heterocycles. The van der Waals surface area contributed by atoms with E-state index in [4.69, 9.17) is 5.11 Å². The van der Waals surface area contributed by atoms with Crippen molar-refractivity contribution in [3.63, 3.8) is 0 Å². The molecule has 0 spiro atoms. The van der Waals surface area contributed by atoms with Gasteiger partial charge in [0.1, 0.15) is 0 Å². The Morgan fingerprint density at radius 1 is 1.53 bits per heavy atom. The number of hydrogen-bond acceptors (Lipinski definition) is 3. The van der Waals surface area contributed by atoms with Crippen molar-refractivity contribution < 1.29 is 14.7 Å². The minimum Gasteiger partial charge on any atom is -0.481 e. The number of rotatable bonds is 5. The van der Waals surface area contributed by atoms with Crippen LogP contribution in [0.3, 0.4) is 0 Å². The Labute approximate surface area is 111 Å². The van der Waals surface area contributed by atoms with Gasteiger partial charge in [-0.25, -0.2) is 0 Å². The summed E-state index contributed by atoms with van der Waals surface area (Å²) in [6.07, 6.45) is 4.73. The van der Waals surface area contributed by atoms with Gasteiger partial charge in [0.15, 0.2) is 0 Å². The van der Waals surface area contributed by atoms with Crippen molar-refractivity contribution in [2.75, 3.05) is 0 Å². The van der Waals surface area contributed by atoms with Crippen molar-refractivity contribution in [1.82, 2.24) is 15.1 Å². The van der Waals surface area contributed by atoms with E-state index in [2.05, 4.69) is 10.4 Å². The first-order valence-corrected chi connectivity index (χ1v) is 6.55. The lowest BCUT2D eigenvalue weighted by Crippen LogP contribution is -2.33. The molecule has 19 heavy (non-hydrogen) atoms. The van der Waals surface area contributed by atoms with Crippen molar-refractivity contribution in [2.45, 2.75) is 38.1 Å². The summed E-state index contributed by atoms with van der Waals surface area (Å²) in [5.74, 6) is -1.08. The molecule has 6 heteroatoms. The number of carboxylic acids is 1. The summed E-state index contributed by atoms with van der Waals surface area (Å²) in [5, 5.41) is 15.9. The third-order valence-corrected chi connectivity index (χ3v) is 3.68. The van der Waals surface area contributed by atoms with Gasteiger partial charge in [0.05, 0.1) is 5.92 Å². The zero-order valence-electron chi connectivity index (χ0n) is 11.0. The predicted octanol–water partition coefficient (Wildman–Crippen LogP) is 0.722. The first-order chi connectivity index (χ1) is 9.06. The molecule has 2 atom stereocenters. The topological polar surface area (TPSA) is 84.2 Å². The first kappa shape index (κ1) is 13.6. The highest BCUT2D eigenvalue weighted by Gasteiger charge is 2.30. The van der Waals surface area contributed by atoms with E-state index >= 15 is 0 Å². The maximum Gasteiger partial charge on any atom is 0.306 e. The summed E-state index contributed by atoms with van der Waals surface area (Å²) >= 11 is 0. The number of nitrogens with one attached hydrogen (secondary N) is 1. The van der Waals surface area contributed by atoms with Crippen molar-refractivity contribution in [1.29, 1.82) is 0 Å². The zero-order chi connectivity index (χ0) is 13.8. The number of hydrogen-bond donors (Lipinski definition) is 2. The van der Waals surface area contributed by atoms with E-state index in [1.54, 1.807) is 10.9 Å². The molecule has 0 radical (unpaired) electrons. The van der Waals surface area contributed by atoms with Crippen LogP contribution in [0.15, 0.2) is 12.3 Å². The number of aromatic nitrogens is 2. The number of nitrogens with zero attached hydrogens (tertiary/aromatic N) is 2. The van der Waals surface area contributed by atoms with Gasteiger partial charge in [-0.15, -0.1) is 0 Å². The molecular formula is C13H19N3O3. The Kier molecular flexibility index (Phi) is 4.19. The monoisotopic (exact) mass is 265 g/mol. The highest BCUT2D eigenvalue weighted by Crippen LogP contribution is 2.25. The van der Waals surface area contributed by atoms with Gasteiger partial charge in [0.25, 0.3) is 0 Å². The summed E-state index contributed by atoms with van der Waals surface area (Å²) in [5.41, 5.74) is 1.02. The van der Waals surface area contributed by atoms with Crippen LogP contribution < -0.4 is 5.32 Å². The average molecular weight is 265 g/mol. The van der Waals surface area contributed by atoms with Gasteiger partial charge in [0.2, 0.25) is 5.91 Å². The van der Waals surface area contributed by atoms with E-state index in [9.17, 15) is 9.59 Å². The van der Waals surface area contributed by atoms with Gasteiger partial charge in [-0.2, -0.15) is 5.10 Å². The average Bonchev–Trinajstić information content (AvgIpc) is 2.96. The second kappa shape index (κ2) is 5.86. The number of amides is 1. The largest absolute Gasteiger partial charge is 0.481 e. The number of carbonyl (C=O) groups excluding carboxylic acids is 1. The highest BCUT2D eigenvalue weighted by atomic mass is 16.4. The Morgan fingerprint density at radius 3 is 2.89 bits per heavy atom. The van der Waals surface area contributed by atoms with Crippen LogP contribution in [-0.4, -0.2) is 32.8 Å². The van der Waals surface area contributed by atoms with Crippen molar-refractivity contribution in [2.24, 2.45) is 13.0 Å². The van der Waals surface area contributed by atoms with Crippen molar-refractivity contribution >= 4 is 11.9 Å². The second-order valence-corrected chi connectivity index (χ2v) is 5.06. The van der Waals surface area contributed by atoms with Crippen LogP contribution in [0, 0.1) is 5.92 Å². The minimum absolute atomic E-state index is 0.0140. The summed E-state index contributed by atoms with van der Waals surface area (Å²) < 4.78 is 1.75. The lowest BCUT2D eigenvalue weighted by molar-refractivity contribution is -0.141. The van der Waals surface area contributed by atoms with Gasteiger partial charge >= 0.3 is 5.97 Å². The maximum absolute atomic E-state index is 11.8. The highest BCUT2D eigenvalue weighted by molar-refractivity contribution is 5.77. The maximum atomic E-state index is 11.8. The van der Waals surface area contributed by atoms with Crippen molar-refractivity contribution in [3.05, 3.63) is 18.0 Å². The number of aliphatic carboxylic acids is 1. The van der Waals surface area contributed by atoms with E-state index < -0.39 is 5.97 Å². The van der Waals surface area contributed by atoms with Crippen LogP contribution >= 0.6 is 0 Å². The minimum atomic E-state index is -0.758. The normalized spacial score (nSPS) is 22.4. The van der Waals surface area contributed by atoms with Crippen molar-refractivity contribution in [3.8, 4) is 0 Å². The molecule has 0 bridgehead atoms. The molecule has 104 valence electrons. The molecule has 1 aromatic rings. The molecular weight excluding hydrogens is 246 g/mol. The van der Waals surface area contributed by atoms with Gasteiger partial charge in [-0.1, -0.05) is 0 Å². The Morgan fingerprint density at radius 2 is 2.32 bits per heavy atom. The van der Waals surface area contributed by atoms with Gasteiger partial charge in [0, 0.05) is 31.4 Å². The molecule has 1 aliphatic rings. The van der Waals surface area contributed by atoms with E-state index in [-0.39, 0.29) is 17.9 Å². The van der Waals surface area contributed by atoms with Gasteiger partial charge in [-0.3, -0.25) is 14.3 Å². The number of carboxylic acid groups (broad SMARTS) is 1. The standard InChI is InChI=1S/C13H19N3O3/c1-16-11(6-7-14-16)4-5-12(17)15-10-3-2-9(8-10)13(18)19/h6-7,9-10H,2-5,8H2,1H3,(H,15,17)(H,18,19)/t9-,10+/m0/s1. The molecule has 1 saturated carbocycles. The molecule has 1 amide bonds. The lowest BCUT2D eigenvalue weighted by atomic mass is 10.1. The van der Waals surface area contributed by atoms with Crippen LogP contribution in [0.1, 0.15) is 31.4 Å². The Hall–Kier alpha value is -1.85. The molecule has 1 heterocycles. The predicted molar refractivity (Wildman–Crippen MR) is 68.4 cm³/mol. The smallest absolute Gasteiger partial charge is 0.306 e. The van der Waals surface area contributed by atoms with E-state index in [0.29, 0.717) is 25.7 Å². The zero-order valence-corrected chi connectivity index (χ0v) is 11.0. The fourth-order valence-corrected chi connectivity index (χ4v) is 2.52. The second-order valence-electron chi connectivity index (χ2n) is 5.06. The van der Waals surface area contributed by atoms with Gasteiger partial charge in [-0.05, 0) is 31.7 Å². The van der Waals surface area contributed by atoms with Gasteiger partial charge < -0.3 is 10.4 Å². The summed E-state index contributed by atoms with van der Waals surface area (Å²) in [6, 6.07) is 1.91. The fourth-order valence-electron chi connectivity index (χ4n) is 2.52. The lowest BCUT2D eigenvalue weighted by Gasteiger charge is -2.12. The van der Waals surface area contributed by atoms with Crippen LogP contribution in [0.4, 0.5) is 0 Å². The molecule has 1 aliphatic carbocycles. The number of aryl methyl sites for hydroxylation is 2. The molecule has 2 N–H and O–H groups in total. The van der Waals surface area contributed by atoms with Crippen LogP contribution in [0.2, 0.25) is 0 Å². The van der Waals surface area contributed by atoms with E-state index in [1.165, 1.54) is 0 Å². The Bertz CT molecular complexity index is 469. The third-order valence-electron chi connectivity index (χ3n) is 3.68. The SMILES string of the molecule is Cn1nccc1CCC(=O)N[C@@H]1CC[C@H](C(=O)O)C1. The Balaban J connectivity index is 1.73. The fraction of sp³-hybridized carbons (Fsp3) is 0.615. The molecule has 2 rings (SSSR count). The third kappa shape index (κ3) is 3.56. The molecule has 6 nitrogen and oxygen atoms in total. The van der Waals surface area contributed by atoms with Crippen LogP contribution in [0.25, 0.3) is 0 Å². The summed E-state index contributed by atoms with van der Waals surface area (Å²) in [4.78, 5) is 22.6. The summed E-state index contributed by atoms with van der Waals surface area (Å²) in [6.45, 7) is 0. The molecule has 1 fully saturated rings. The van der Waals surface area contributed by atoms with Crippen LogP contribution in [0.5, 0.6) is 0 Å². The van der Waals surface area contributed by atoms with Crippen LogP contribution in [-0.2, 0) is 23.1 Å². The molecule has 0 saturated heterocycles. The number of carbonyl (C=O) groups is 2. The quantitative estimate of drug-likeness (QED) is 0.821. The van der Waals surface area contributed by atoms with E-state index in [0.717, 1.165) is 12.1 Å². The molecule has 0 unspecified atom stereocenters. The molecule has 0 aromatic carbocycles. The van der Waals surface area contributed by atoms with E-state index in [1.807, 2.05) is 13.1 Å². The summed E-state index contributed by atoms with van der Waals surface area (Å²) in [7, 11) is 1.85. The molecule has 0 aliphatic heterocycles. The first-order valence-electron chi connectivity index (χ1n) is 6.55.